The number of rotatable bonds is 1. The maximum absolute atomic E-state index is 12.7. The molecule has 0 aromatic heterocycles. The summed E-state index contributed by atoms with van der Waals surface area (Å²) >= 11 is 0. The number of carbonyl (C=O) groups excluding carboxylic acids is 1. The molecule has 0 bridgehead atoms. The highest BCUT2D eigenvalue weighted by Crippen LogP contribution is 2.32. The summed E-state index contributed by atoms with van der Waals surface area (Å²) in [6, 6.07) is 0. The minimum absolute atomic E-state index is 0.460. The fourth-order valence-electron chi connectivity index (χ4n) is 1.34. The van der Waals surface area contributed by atoms with Crippen LogP contribution in [0.1, 0.15) is 13.3 Å². The van der Waals surface area contributed by atoms with Crippen LogP contribution in [0, 0.1) is 0 Å². The number of nitrogens with one attached hydrogen (secondary N) is 1. The Morgan fingerprint density at radius 3 is 2.50 bits per heavy atom. The topological polar surface area (TPSA) is 38.3 Å². The van der Waals surface area contributed by atoms with Gasteiger partial charge in [0.2, 0.25) is 0 Å². The number of hydrogen-bond donors (Lipinski definition) is 1. The largest absolute Gasteiger partial charge is 0.468 e. The van der Waals surface area contributed by atoms with Gasteiger partial charge in [-0.1, -0.05) is 0 Å². The Morgan fingerprint density at radius 1 is 1.58 bits per heavy atom. The molecule has 3 nitrogen and oxygen atoms in total. The predicted octanol–water partition coefficient (Wildman–Crippen LogP) is 0.547. The van der Waals surface area contributed by atoms with Gasteiger partial charge in [0.15, 0.2) is 0 Å². The first-order valence-electron chi connectivity index (χ1n) is 3.61. The molecule has 0 amide bonds. The molecule has 0 saturated carbocycles. The smallest absolute Gasteiger partial charge is 0.326 e. The zero-order valence-corrected chi connectivity index (χ0v) is 6.99. The summed E-state index contributed by atoms with van der Waals surface area (Å²) in [4.78, 5) is 11.0. The van der Waals surface area contributed by atoms with E-state index in [0.29, 0.717) is 0 Å². The van der Waals surface area contributed by atoms with Crippen molar-refractivity contribution < 1.29 is 18.3 Å². The first-order chi connectivity index (χ1) is 5.40. The summed E-state index contributed by atoms with van der Waals surface area (Å²) in [5, 5.41) is 2.45. The van der Waals surface area contributed by atoms with Gasteiger partial charge in [0.05, 0.1) is 13.7 Å². The van der Waals surface area contributed by atoms with Crippen LogP contribution < -0.4 is 5.32 Å². The molecule has 12 heavy (non-hydrogen) atoms. The SMILES string of the molecule is COC(=O)[C@@]1(C)CC(F)(F)CN1. The van der Waals surface area contributed by atoms with Gasteiger partial charge in [-0.15, -0.1) is 0 Å². The molecule has 0 aliphatic carbocycles. The van der Waals surface area contributed by atoms with Crippen molar-refractivity contribution in [3.63, 3.8) is 0 Å². The Morgan fingerprint density at radius 2 is 2.17 bits per heavy atom. The van der Waals surface area contributed by atoms with Gasteiger partial charge in [0, 0.05) is 6.42 Å². The van der Waals surface area contributed by atoms with E-state index >= 15 is 0 Å². The second kappa shape index (κ2) is 2.65. The summed E-state index contributed by atoms with van der Waals surface area (Å²) < 4.78 is 29.7. The quantitative estimate of drug-likeness (QED) is 0.597. The average Bonchev–Trinajstić information content (AvgIpc) is 2.25. The van der Waals surface area contributed by atoms with E-state index in [1.807, 2.05) is 0 Å². The fourth-order valence-corrected chi connectivity index (χ4v) is 1.34. The van der Waals surface area contributed by atoms with Crippen molar-refractivity contribution >= 4 is 5.97 Å². The van der Waals surface area contributed by atoms with E-state index in [1.54, 1.807) is 0 Å². The lowest BCUT2D eigenvalue weighted by Gasteiger charge is -2.19. The molecule has 0 aromatic carbocycles. The van der Waals surface area contributed by atoms with E-state index in [0.717, 1.165) is 0 Å². The predicted molar refractivity (Wildman–Crippen MR) is 38.0 cm³/mol. The summed E-state index contributed by atoms with van der Waals surface area (Å²) in [6.45, 7) is 0.957. The van der Waals surface area contributed by atoms with Gasteiger partial charge in [-0.25, -0.2) is 8.78 Å². The maximum Gasteiger partial charge on any atom is 0.326 e. The van der Waals surface area contributed by atoms with E-state index in [9.17, 15) is 13.6 Å². The summed E-state index contributed by atoms with van der Waals surface area (Å²) in [5.74, 6) is -3.44. The van der Waals surface area contributed by atoms with Crippen LogP contribution in [0.4, 0.5) is 8.78 Å². The Bertz CT molecular complexity index is 208. The normalized spacial score (nSPS) is 33.3. The molecule has 1 saturated heterocycles. The summed E-state index contributed by atoms with van der Waals surface area (Å²) in [6.07, 6.45) is -0.493. The molecule has 70 valence electrons. The molecule has 1 rings (SSSR count). The molecule has 1 N–H and O–H groups in total. The molecule has 0 unspecified atom stereocenters. The Hall–Kier alpha value is -0.710. The lowest BCUT2D eigenvalue weighted by Crippen LogP contribution is -2.45. The monoisotopic (exact) mass is 179 g/mol. The van der Waals surface area contributed by atoms with Crippen LogP contribution in [0.5, 0.6) is 0 Å². The molecule has 5 heteroatoms. The van der Waals surface area contributed by atoms with Gasteiger partial charge in [0.1, 0.15) is 5.54 Å². The van der Waals surface area contributed by atoms with E-state index in [4.69, 9.17) is 0 Å². The highest BCUT2D eigenvalue weighted by molar-refractivity contribution is 5.80. The number of halogens is 2. The number of hydrogen-bond acceptors (Lipinski definition) is 3. The Balaban J connectivity index is 2.71. The van der Waals surface area contributed by atoms with Gasteiger partial charge in [-0.05, 0) is 6.92 Å². The van der Waals surface area contributed by atoms with Crippen molar-refractivity contribution in [2.75, 3.05) is 13.7 Å². The second-order valence-electron chi connectivity index (χ2n) is 3.21. The standard InChI is InChI=1S/C7H11F2NO2/c1-6(5(11)12-2)3-7(8,9)4-10-6/h10H,3-4H2,1-2H3/t6-/m1/s1. The number of alkyl halides is 2. The van der Waals surface area contributed by atoms with Crippen LogP contribution >= 0.6 is 0 Å². The minimum Gasteiger partial charge on any atom is -0.468 e. The third-order valence-electron chi connectivity index (χ3n) is 1.99. The third kappa shape index (κ3) is 1.55. The van der Waals surface area contributed by atoms with E-state index in [2.05, 4.69) is 10.1 Å². The van der Waals surface area contributed by atoms with Gasteiger partial charge >= 0.3 is 5.97 Å². The van der Waals surface area contributed by atoms with E-state index in [1.165, 1.54) is 14.0 Å². The van der Waals surface area contributed by atoms with Gasteiger partial charge in [-0.2, -0.15) is 0 Å². The first kappa shape index (κ1) is 9.38. The summed E-state index contributed by atoms with van der Waals surface area (Å²) in [5.41, 5.74) is -1.22. The molecule has 0 spiro atoms. The van der Waals surface area contributed by atoms with Crippen molar-refractivity contribution in [2.45, 2.75) is 24.8 Å². The van der Waals surface area contributed by atoms with Crippen LogP contribution in [0.25, 0.3) is 0 Å². The molecule has 1 fully saturated rings. The molecule has 1 atom stereocenters. The molecule has 0 aromatic rings. The number of ether oxygens (including phenoxy) is 1. The van der Waals surface area contributed by atoms with E-state index in [-0.39, 0.29) is 0 Å². The molecule has 1 aliphatic rings. The zero-order valence-electron chi connectivity index (χ0n) is 6.99. The zero-order chi connectivity index (χ0) is 9.41. The molecular formula is C7H11F2NO2. The maximum atomic E-state index is 12.7. The van der Waals surface area contributed by atoms with Gasteiger partial charge < -0.3 is 4.74 Å². The minimum atomic E-state index is -2.80. The van der Waals surface area contributed by atoms with Crippen LogP contribution in [-0.2, 0) is 9.53 Å². The van der Waals surface area contributed by atoms with Gasteiger partial charge in [-0.3, -0.25) is 10.1 Å². The molecule has 1 heterocycles. The Labute approximate surface area is 69.1 Å². The first-order valence-corrected chi connectivity index (χ1v) is 3.61. The van der Waals surface area contributed by atoms with Crippen LogP contribution in [0.15, 0.2) is 0 Å². The van der Waals surface area contributed by atoms with Crippen LogP contribution in [0.2, 0.25) is 0 Å². The molecule has 1 aliphatic heterocycles. The highest BCUT2D eigenvalue weighted by atomic mass is 19.3. The number of carbonyl (C=O) groups is 1. The fraction of sp³-hybridized carbons (Fsp3) is 0.857. The average molecular weight is 179 g/mol. The summed E-state index contributed by atoms with van der Waals surface area (Å²) in [7, 11) is 1.19. The van der Waals surface area contributed by atoms with Crippen LogP contribution in [0.3, 0.4) is 0 Å². The van der Waals surface area contributed by atoms with Crippen molar-refractivity contribution in [3.8, 4) is 0 Å². The van der Waals surface area contributed by atoms with Crippen LogP contribution in [-0.4, -0.2) is 31.1 Å². The Kier molecular flexibility index (Phi) is 2.07. The number of esters is 1. The second-order valence-corrected chi connectivity index (χ2v) is 3.21. The lowest BCUT2D eigenvalue weighted by molar-refractivity contribution is -0.148. The third-order valence-corrected chi connectivity index (χ3v) is 1.99. The van der Waals surface area contributed by atoms with Gasteiger partial charge in [0.25, 0.3) is 5.92 Å². The van der Waals surface area contributed by atoms with Crippen molar-refractivity contribution in [1.82, 2.24) is 5.32 Å². The lowest BCUT2D eigenvalue weighted by atomic mass is 9.99. The molecule has 0 radical (unpaired) electrons. The van der Waals surface area contributed by atoms with Crippen molar-refractivity contribution in [2.24, 2.45) is 0 Å². The highest BCUT2D eigenvalue weighted by Gasteiger charge is 2.51. The van der Waals surface area contributed by atoms with Crippen molar-refractivity contribution in [3.05, 3.63) is 0 Å². The number of methoxy groups -OCH3 is 1. The van der Waals surface area contributed by atoms with E-state index < -0.39 is 30.4 Å². The van der Waals surface area contributed by atoms with Crippen molar-refractivity contribution in [1.29, 1.82) is 0 Å². The molecular weight excluding hydrogens is 168 g/mol.